The lowest BCUT2D eigenvalue weighted by atomic mass is 10.2. The van der Waals surface area contributed by atoms with Gasteiger partial charge in [-0.05, 0) is 35.9 Å². The first kappa shape index (κ1) is 14.2. The highest BCUT2D eigenvalue weighted by Crippen LogP contribution is 2.14. The van der Waals surface area contributed by atoms with Crippen molar-refractivity contribution in [2.45, 2.75) is 6.61 Å². The van der Waals surface area contributed by atoms with Gasteiger partial charge in [-0.25, -0.2) is 0 Å². The van der Waals surface area contributed by atoms with E-state index in [4.69, 9.17) is 27.9 Å². The maximum absolute atomic E-state index is 5.90. The van der Waals surface area contributed by atoms with Crippen molar-refractivity contribution in [2.75, 3.05) is 18.5 Å². The van der Waals surface area contributed by atoms with Gasteiger partial charge in [-0.1, -0.05) is 41.4 Å². The first-order chi connectivity index (χ1) is 9.24. The normalized spacial score (nSPS) is 10.4. The van der Waals surface area contributed by atoms with Crippen LogP contribution in [-0.2, 0) is 11.3 Å². The Hall–Kier alpha value is -1.22. The van der Waals surface area contributed by atoms with E-state index in [0.29, 0.717) is 13.2 Å². The van der Waals surface area contributed by atoms with E-state index in [0.717, 1.165) is 27.8 Å². The van der Waals surface area contributed by atoms with Crippen molar-refractivity contribution in [3.63, 3.8) is 0 Å². The first-order valence-corrected chi connectivity index (χ1v) is 6.81. The van der Waals surface area contributed by atoms with Crippen LogP contribution in [0.4, 0.5) is 5.69 Å². The molecule has 0 unspecified atom stereocenters. The third kappa shape index (κ3) is 5.11. The maximum atomic E-state index is 5.90. The Kier molecular flexibility index (Phi) is 5.52. The monoisotopic (exact) mass is 295 g/mol. The van der Waals surface area contributed by atoms with Crippen molar-refractivity contribution < 1.29 is 4.74 Å². The molecular formula is C15H15Cl2NO. The zero-order valence-electron chi connectivity index (χ0n) is 10.4. The molecule has 0 aliphatic carbocycles. The fourth-order valence-electron chi connectivity index (χ4n) is 1.64. The number of nitrogens with one attached hydrogen (secondary N) is 1. The van der Waals surface area contributed by atoms with Crippen molar-refractivity contribution in [3.05, 3.63) is 64.1 Å². The molecule has 0 aliphatic heterocycles. The van der Waals surface area contributed by atoms with Gasteiger partial charge in [-0.3, -0.25) is 0 Å². The van der Waals surface area contributed by atoms with E-state index in [1.807, 2.05) is 48.5 Å². The summed E-state index contributed by atoms with van der Waals surface area (Å²) in [4.78, 5) is 0. The Morgan fingerprint density at radius 1 is 0.947 bits per heavy atom. The quantitative estimate of drug-likeness (QED) is 0.785. The second-order valence-electron chi connectivity index (χ2n) is 4.12. The standard InChI is InChI=1S/C15H15Cl2NO/c16-13-6-4-12(5-7-13)11-19-9-8-18-15-3-1-2-14(17)10-15/h1-7,10,18H,8-9,11H2. The maximum Gasteiger partial charge on any atom is 0.0717 e. The summed E-state index contributed by atoms with van der Waals surface area (Å²) >= 11 is 11.7. The van der Waals surface area contributed by atoms with E-state index in [2.05, 4.69) is 5.32 Å². The highest BCUT2D eigenvalue weighted by molar-refractivity contribution is 6.31. The molecule has 1 N–H and O–H groups in total. The van der Waals surface area contributed by atoms with Crippen molar-refractivity contribution in [2.24, 2.45) is 0 Å². The van der Waals surface area contributed by atoms with Gasteiger partial charge in [0.2, 0.25) is 0 Å². The van der Waals surface area contributed by atoms with Gasteiger partial charge >= 0.3 is 0 Å². The van der Waals surface area contributed by atoms with Crippen LogP contribution < -0.4 is 5.32 Å². The molecule has 100 valence electrons. The van der Waals surface area contributed by atoms with Crippen LogP contribution in [0.2, 0.25) is 10.0 Å². The molecule has 0 saturated carbocycles. The molecule has 0 spiro atoms. The number of benzene rings is 2. The SMILES string of the molecule is Clc1ccc(COCCNc2cccc(Cl)c2)cc1. The van der Waals surface area contributed by atoms with Crippen LogP contribution >= 0.6 is 23.2 Å². The molecule has 2 aromatic carbocycles. The number of hydrogen-bond donors (Lipinski definition) is 1. The molecule has 0 aromatic heterocycles. The molecule has 0 fully saturated rings. The third-order valence-corrected chi connectivity index (χ3v) is 3.07. The Balaban J connectivity index is 1.66. The van der Waals surface area contributed by atoms with E-state index in [1.165, 1.54) is 0 Å². The van der Waals surface area contributed by atoms with E-state index >= 15 is 0 Å². The van der Waals surface area contributed by atoms with Gasteiger partial charge < -0.3 is 10.1 Å². The Bertz CT molecular complexity index is 514. The average Bonchev–Trinajstić information content (AvgIpc) is 2.41. The Morgan fingerprint density at radius 3 is 2.47 bits per heavy atom. The zero-order valence-corrected chi connectivity index (χ0v) is 11.9. The molecule has 0 aliphatic rings. The summed E-state index contributed by atoms with van der Waals surface area (Å²) in [5, 5.41) is 4.72. The fourth-order valence-corrected chi connectivity index (χ4v) is 1.95. The summed E-state index contributed by atoms with van der Waals surface area (Å²) in [5.41, 5.74) is 2.12. The van der Waals surface area contributed by atoms with Crippen LogP contribution in [0.25, 0.3) is 0 Å². The first-order valence-electron chi connectivity index (χ1n) is 6.06. The van der Waals surface area contributed by atoms with Crippen LogP contribution in [0.1, 0.15) is 5.56 Å². The molecule has 4 heteroatoms. The molecule has 2 aromatic rings. The number of anilines is 1. The Morgan fingerprint density at radius 2 is 1.74 bits per heavy atom. The molecular weight excluding hydrogens is 281 g/mol. The summed E-state index contributed by atoms with van der Waals surface area (Å²) in [6.07, 6.45) is 0. The van der Waals surface area contributed by atoms with Crippen LogP contribution in [0.3, 0.4) is 0 Å². The van der Waals surface area contributed by atoms with Gasteiger partial charge in [0.15, 0.2) is 0 Å². The fraction of sp³-hybridized carbons (Fsp3) is 0.200. The second kappa shape index (κ2) is 7.39. The predicted molar refractivity (Wildman–Crippen MR) is 81.0 cm³/mol. The lowest BCUT2D eigenvalue weighted by molar-refractivity contribution is 0.130. The highest BCUT2D eigenvalue weighted by Gasteiger charge is 1.95. The summed E-state index contributed by atoms with van der Waals surface area (Å²) in [5.74, 6) is 0. The number of ether oxygens (including phenoxy) is 1. The summed E-state index contributed by atoms with van der Waals surface area (Å²) < 4.78 is 5.57. The lowest BCUT2D eigenvalue weighted by Crippen LogP contribution is -2.09. The molecule has 0 saturated heterocycles. The number of hydrogen-bond acceptors (Lipinski definition) is 2. The smallest absolute Gasteiger partial charge is 0.0717 e. The van der Waals surface area contributed by atoms with Crippen LogP contribution in [-0.4, -0.2) is 13.2 Å². The van der Waals surface area contributed by atoms with Gasteiger partial charge in [-0.2, -0.15) is 0 Å². The largest absolute Gasteiger partial charge is 0.383 e. The minimum absolute atomic E-state index is 0.592. The molecule has 0 amide bonds. The van der Waals surface area contributed by atoms with Crippen LogP contribution in [0, 0.1) is 0 Å². The van der Waals surface area contributed by atoms with E-state index in [1.54, 1.807) is 0 Å². The molecule has 0 radical (unpaired) electrons. The average molecular weight is 296 g/mol. The van der Waals surface area contributed by atoms with E-state index < -0.39 is 0 Å². The van der Waals surface area contributed by atoms with Crippen molar-refractivity contribution in [1.29, 1.82) is 0 Å². The lowest BCUT2D eigenvalue weighted by Gasteiger charge is -2.08. The summed E-state index contributed by atoms with van der Waals surface area (Å²) in [6.45, 7) is 1.97. The summed E-state index contributed by atoms with van der Waals surface area (Å²) in [6, 6.07) is 15.3. The summed E-state index contributed by atoms with van der Waals surface area (Å²) in [7, 11) is 0. The van der Waals surface area contributed by atoms with Gasteiger partial charge in [0.05, 0.1) is 13.2 Å². The minimum atomic E-state index is 0.592. The van der Waals surface area contributed by atoms with E-state index in [-0.39, 0.29) is 0 Å². The number of halogens is 2. The zero-order chi connectivity index (χ0) is 13.5. The van der Waals surface area contributed by atoms with Crippen molar-refractivity contribution in [3.8, 4) is 0 Å². The van der Waals surface area contributed by atoms with Crippen LogP contribution in [0.5, 0.6) is 0 Å². The highest BCUT2D eigenvalue weighted by atomic mass is 35.5. The van der Waals surface area contributed by atoms with Gasteiger partial charge in [0.25, 0.3) is 0 Å². The van der Waals surface area contributed by atoms with Gasteiger partial charge in [-0.15, -0.1) is 0 Å². The molecule has 2 rings (SSSR count). The Labute approximate surface area is 123 Å². The van der Waals surface area contributed by atoms with E-state index in [9.17, 15) is 0 Å². The second-order valence-corrected chi connectivity index (χ2v) is 4.99. The molecule has 2 nitrogen and oxygen atoms in total. The predicted octanol–water partition coefficient (Wildman–Crippen LogP) is 4.62. The molecule has 0 atom stereocenters. The van der Waals surface area contributed by atoms with Crippen molar-refractivity contribution >= 4 is 28.9 Å². The number of rotatable bonds is 6. The molecule has 0 bridgehead atoms. The minimum Gasteiger partial charge on any atom is -0.383 e. The topological polar surface area (TPSA) is 21.3 Å². The van der Waals surface area contributed by atoms with Gasteiger partial charge in [0, 0.05) is 22.3 Å². The van der Waals surface area contributed by atoms with Gasteiger partial charge in [0.1, 0.15) is 0 Å². The van der Waals surface area contributed by atoms with Crippen molar-refractivity contribution in [1.82, 2.24) is 0 Å². The molecule has 19 heavy (non-hydrogen) atoms. The molecule has 0 heterocycles. The third-order valence-electron chi connectivity index (χ3n) is 2.58. The van der Waals surface area contributed by atoms with Crippen LogP contribution in [0.15, 0.2) is 48.5 Å².